The lowest BCUT2D eigenvalue weighted by atomic mass is 10.2. The normalized spacial score (nSPS) is 13.2. The van der Waals surface area contributed by atoms with Crippen LogP contribution < -0.4 is 14.8 Å². The van der Waals surface area contributed by atoms with Crippen molar-refractivity contribution in [2.75, 3.05) is 27.0 Å². The average Bonchev–Trinajstić information content (AvgIpc) is 2.44. The number of halogens is 1. The van der Waals surface area contributed by atoms with Crippen molar-refractivity contribution >= 4 is 33.4 Å². The van der Waals surface area contributed by atoms with Crippen molar-refractivity contribution < 1.29 is 13.2 Å². The second-order valence-electron chi connectivity index (χ2n) is 4.52. The monoisotopic (exact) mass is 352 g/mol. The predicted octanol–water partition coefficient (Wildman–Crippen LogP) is 2.10. The highest BCUT2D eigenvalue weighted by atomic mass is 35.5. The third-order valence-electron chi connectivity index (χ3n) is 2.92. The summed E-state index contributed by atoms with van der Waals surface area (Å²) in [7, 11) is -0.451. The molecule has 1 atom stereocenters. The average molecular weight is 353 g/mol. The van der Waals surface area contributed by atoms with E-state index in [1.807, 2.05) is 13.2 Å². The van der Waals surface area contributed by atoms with Gasteiger partial charge in [0.2, 0.25) is 10.0 Å². The van der Waals surface area contributed by atoms with Crippen molar-refractivity contribution in [2.24, 2.45) is 0 Å². The van der Waals surface area contributed by atoms with Gasteiger partial charge in [0.1, 0.15) is 10.6 Å². The van der Waals surface area contributed by atoms with Crippen molar-refractivity contribution in [2.45, 2.75) is 23.6 Å². The molecule has 0 aromatic heterocycles. The summed E-state index contributed by atoms with van der Waals surface area (Å²) in [6, 6.07) is 3.10. The van der Waals surface area contributed by atoms with E-state index >= 15 is 0 Å². The number of sulfonamides is 1. The molecule has 5 nitrogen and oxygen atoms in total. The van der Waals surface area contributed by atoms with Crippen LogP contribution >= 0.6 is 23.4 Å². The van der Waals surface area contributed by atoms with Crippen molar-refractivity contribution in [3.05, 3.63) is 22.7 Å². The molecule has 21 heavy (non-hydrogen) atoms. The summed E-state index contributed by atoms with van der Waals surface area (Å²) >= 11 is 7.62. The third-order valence-corrected chi connectivity index (χ3v) is 5.54. The highest BCUT2D eigenvalue weighted by Crippen LogP contribution is 2.31. The first kappa shape index (κ1) is 18.6. The Bertz CT molecular complexity index is 579. The van der Waals surface area contributed by atoms with Crippen molar-refractivity contribution in [3.63, 3.8) is 0 Å². The third kappa shape index (κ3) is 5.03. The van der Waals surface area contributed by atoms with Crippen molar-refractivity contribution in [1.82, 2.24) is 10.0 Å². The maximum atomic E-state index is 12.5. The van der Waals surface area contributed by atoms with E-state index in [0.717, 1.165) is 0 Å². The van der Waals surface area contributed by atoms with Gasteiger partial charge in [-0.2, -0.15) is 11.8 Å². The van der Waals surface area contributed by atoms with E-state index in [9.17, 15) is 8.42 Å². The van der Waals surface area contributed by atoms with Gasteiger partial charge in [-0.25, -0.2) is 13.1 Å². The number of hydrogen-bond donors (Lipinski definition) is 2. The molecule has 1 rings (SSSR count). The van der Waals surface area contributed by atoms with E-state index in [-0.39, 0.29) is 10.1 Å². The lowest BCUT2D eigenvalue weighted by Crippen LogP contribution is -2.30. The van der Waals surface area contributed by atoms with Crippen LogP contribution in [0.5, 0.6) is 5.75 Å². The number of thioether (sulfide) groups is 1. The Morgan fingerprint density at radius 1 is 1.43 bits per heavy atom. The van der Waals surface area contributed by atoms with E-state index in [1.54, 1.807) is 24.9 Å². The van der Waals surface area contributed by atoms with Crippen LogP contribution in [0.2, 0.25) is 5.02 Å². The molecule has 0 bridgehead atoms. The summed E-state index contributed by atoms with van der Waals surface area (Å²) < 4.78 is 32.8. The highest BCUT2D eigenvalue weighted by molar-refractivity contribution is 7.99. The molecule has 2 N–H and O–H groups in total. The van der Waals surface area contributed by atoms with Crippen LogP contribution in [-0.2, 0) is 16.6 Å². The maximum absolute atomic E-state index is 12.5. The number of ether oxygens (including phenoxy) is 1. The van der Waals surface area contributed by atoms with Crippen LogP contribution in [0.4, 0.5) is 0 Å². The molecule has 0 aliphatic rings. The van der Waals surface area contributed by atoms with Crippen LogP contribution in [0, 0.1) is 0 Å². The second kappa shape index (κ2) is 8.24. The molecular weight excluding hydrogens is 332 g/mol. The maximum Gasteiger partial charge on any atom is 0.244 e. The van der Waals surface area contributed by atoms with Gasteiger partial charge in [-0.3, -0.25) is 0 Å². The van der Waals surface area contributed by atoms with E-state index in [1.165, 1.54) is 13.2 Å². The molecule has 0 spiro atoms. The van der Waals surface area contributed by atoms with Gasteiger partial charge >= 0.3 is 0 Å². The van der Waals surface area contributed by atoms with Crippen LogP contribution in [0.15, 0.2) is 17.0 Å². The predicted molar refractivity (Wildman–Crippen MR) is 88.9 cm³/mol. The SMILES string of the molecule is CNCc1cc(Cl)cc(S(=O)(=O)NCC(C)SC)c1OC. The molecular formula is C13H21ClN2O3S2. The van der Waals surface area contributed by atoms with Gasteiger partial charge in [0.25, 0.3) is 0 Å². The highest BCUT2D eigenvalue weighted by Gasteiger charge is 2.23. The molecule has 120 valence electrons. The van der Waals surface area contributed by atoms with Gasteiger partial charge in [0.15, 0.2) is 0 Å². The number of methoxy groups -OCH3 is 1. The Morgan fingerprint density at radius 2 is 2.10 bits per heavy atom. The molecule has 0 saturated heterocycles. The zero-order valence-electron chi connectivity index (χ0n) is 12.6. The summed E-state index contributed by atoms with van der Waals surface area (Å²) in [5.41, 5.74) is 0.700. The van der Waals surface area contributed by atoms with Gasteiger partial charge in [-0.05, 0) is 25.4 Å². The molecule has 0 aliphatic heterocycles. The van der Waals surface area contributed by atoms with Gasteiger partial charge in [-0.15, -0.1) is 0 Å². The smallest absolute Gasteiger partial charge is 0.244 e. The van der Waals surface area contributed by atoms with Crippen molar-refractivity contribution in [3.8, 4) is 5.75 Å². The van der Waals surface area contributed by atoms with Crippen LogP contribution in [0.25, 0.3) is 0 Å². The fourth-order valence-electron chi connectivity index (χ4n) is 1.76. The first-order valence-electron chi connectivity index (χ1n) is 6.39. The van der Waals surface area contributed by atoms with E-state index in [2.05, 4.69) is 10.0 Å². The van der Waals surface area contributed by atoms with Crippen molar-refractivity contribution in [1.29, 1.82) is 0 Å². The molecule has 8 heteroatoms. The molecule has 0 fully saturated rings. The Balaban J connectivity index is 3.21. The first-order chi connectivity index (χ1) is 9.85. The summed E-state index contributed by atoms with van der Waals surface area (Å²) in [5.74, 6) is 0.318. The standard InChI is InChI=1S/C13H21ClN2O3S2/c1-9(20-4)7-16-21(17,18)12-6-11(14)5-10(8-15-2)13(12)19-3/h5-6,9,15-16H,7-8H2,1-4H3. The Hall–Kier alpha value is -0.470. The molecule has 1 aromatic carbocycles. The largest absolute Gasteiger partial charge is 0.495 e. The quantitative estimate of drug-likeness (QED) is 0.750. The number of hydrogen-bond acceptors (Lipinski definition) is 5. The minimum atomic E-state index is -3.67. The topological polar surface area (TPSA) is 67.4 Å². The van der Waals surface area contributed by atoms with Crippen LogP contribution in [0.1, 0.15) is 12.5 Å². The number of nitrogens with one attached hydrogen (secondary N) is 2. The Labute approximate surface area is 135 Å². The van der Waals surface area contributed by atoms with Crippen LogP contribution in [0.3, 0.4) is 0 Å². The van der Waals surface area contributed by atoms with Gasteiger partial charge in [-0.1, -0.05) is 18.5 Å². The zero-order valence-corrected chi connectivity index (χ0v) is 15.0. The summed E-state index contributed by atoms with van der Waals surface area (Å²) in [6.45, 7) is 2.77. The Morgan fingerprint density at radius 3 is 2.62 bits per heavy atom. The summed E-state index contributed by atoms with van der Waals surface area (Å²) in [6.07, 6.45) is 1.93. The van der Waals surface area contributed by atoms with Gasteiger partial charge in [0.05, 0.1) is 7.11 Å². The fraction of sp³-hybridized carbons (Fsp3) is 0.538. The zero-order chi connectivity index (χ0) is 16.0. The molecule has 0 amide bonds. The second-order valence-corrected chi connectivity index (χ2v) is 7.97. The summed E-state index contributed by atoms with van der Waals surface area (Å²) in [5, 5.41) is 3.51. The van der Waals surface area contributed by atoms with Gasteiger partial charge in [0, 0.05) is 28.9 Å². The molecule has 0 heterocycles. The van der Waals surface area contributed by atoms with Gasteiger partial charge < -0.3 is 10.1 Å². The lowest BCUT2D eigenvalue weighted by Gasteiger charge is -2.16. The Kier molecular flexibility index (Phi) is 7.29. The molecule has 1 aromatic rings. The molecule has 1 unspecified atom stereocenters. The molecule has 0 aliphatic carbocycles. The molecule has 0 radical (unpaired) electrons. The minimum absolute atomic E-state index is 0.0658. The lowest BCUT2D eigenvalue weighted by molar-refractivity contribution is 0.396. The minimum Gasteiger partial charge on any atom is -0.495 e. The fourth-order valence-corrected chi connectivity index (χ4v) is 3.79. The number of rotatable bonds is 8. The van der Waals surface area contributed by atoms with Crippen LogP contribution in [-0.4, -0.2) is 40.6 Å². The van der Waals surface area contributed by atoms with E-state index < -0.39 is 10.0 Å². The van der Waals surface area contributed by atoms with E-state index in [4.69, 9.17) is 16.3 Å². The number of benzene rings is 1. The first-order valence-corrected chi connectivity index (χ1v) is 9.54. The molecule has 0 saturated carbocycles. The summed E-state index contributed by atoms with van der Waals surface area (Å²) in [4.78, 5) is 0.0658. The van der Waals surface area contributed by atoms with E-state index in [0.29, 0.717) is 29.4 Å².